The molecule has 0 saturated heterocycles. The van der Waals surface area contributed by atoms with Gasteiger partial charge in [0.05, 0.1) is 17.6 Å². The number of amides is 1. The Morgan fingerprint density at radius 1 is 1.10 bits per heavy atom. The molecule has 0 fully saturated rings. The molecule has 0 saturated carbocycles. The standard InChI is InChI=1S/C21H19N5O2S/c1-13-7-3-5-9-16(13)23-18(27)12-29-21-24-19-15(20(28)25-21)11-22-26(19)17-10-6-4-8-14(17)2/h3-11H,12H2,1-2H3,(H,23,27)(H,24,25,28). The van der Waals surface area contributed by atoms with Gasteiger partial charge in [-0.1, -0.05) is 48.2 Å². The summed E-state index contributed by atoms with van der Waals surface area (Å²) in [5.74, 6) is -0.0409. The van der Waals surface area contributed by atoms with Crippen molar-refractivity contribution in [1.82, 2.24) is 19.7 Å². The lowest BCUT2D eigenvalue weighted by atomic mass is 10.2. The van der Waals surface area contributed by atoms with E-state index in [1.807, 2.05) is 62.4 Å². The number of hydrogen-bond donors (Lipinski definition) is 2. The number of fused-ring (bicyclic) bond motifs is 1. The molecule has 0 aliphatic heterocycles. The molecule has 0 bridgehead atoms. The molecule has 2 aromatic heterocycles. The summed E-state index contributed by atoms with van der Waals surface area (Å²) in [7, 11) is 0. The van der Waals surface area contributed by atoms with Crippen LogP contribution in [0.1, 0.15) is 11.1 Å². The lowest BCUT2D eigenvalue weighted by molar-refractivity contribution is -0.113. The number of nitrogens with one attached hydrogen (secondary N) is 2. The quantitative estimate of drug-likeness (QED) is 0.392. The summed E-state index contributed by atoms with van der Waals surface area (Å²) in [5, 5.41) is 7.99. The Balaban J connectivity index is 1.58. The highest BCUT2D eigenvalue weighted by Crippen LogP contribution is 2.20. The van der Waals surface area contributed by atoms with E-state index in [2.05, 4.69) is 20.4 Å². The Hall–Kier alpha value is -3.39. The van der Waals surface area contributed by atoms with Crippen molar-refractivity contribution >= 4 is 34.4 Å². The van der Waals surface area contributed by atoms with E-state index in [4.69, 9.17) is 0 Å². The largest absolute Gasteiger partial charge is 0.325 e. The van der Waals surface area contributed by atoms with Gasteiger partial charge < -0.3 is 10.3 Å². The third-order valence-electron chi connectivity index (χ3n) is 4.52. The molecule has 29 heavy (non-hydrogen) atoms. The van der Waals surface area contributed by atoms with Gasteiger partial charge >= 0.3 is 0 Å². The summed E-state index contributed by atoms with van der Waals surface area (Å²) >= 11 is 1.17. The van der Waals surface area contributed by atoms with Gasteiger partial charge in [-0.25, -0.2) is 9.67 Å². The first-order valence-electron chi connectivity index (χ1n) is 9.05. The van der Waals surface area contributed by atoms with Crippen molar-refractivity contribution in [3.8, 4) is 5.69 Å². The van der Waals surface area contributed by atoms with Crippen LogP contribution in [0.5, 0.6) is 0 Å². The molecule has 4 rings (SSSR count). The van der Waals surface area contributed by atoms with E-state index in [1.54, 1.807) is 4.68 Å². The van der Waals surface area contributed by atoms with Crippen molar-refractivity contribution in [2.45, 2.75) is 19.0 Å². The van der Waals surface area contributed by atoms with Crippen LogP contribution in [-0.2, 0) is 4.79 Å². The molecular weight excluding hydrogens is 386 g/mol. The number of nitrogens with zero attached hydrogens (tertiary/aromatic N) is 3. The summed E-state index contributed by atoms with van der Waals surface area (Å²) in [4.78, 5) is 32.0. The molecule has 2 N–H and O–H groups in total. The van der Waals surface area contributed by atoms with Crippen LogP contribution in [0.2, 0.25) is 0 Å². The van der Waals surface area contributed by atoms with Crippen LogP contribution in [0.3, 0.4) is 0 Å². The molecule has 2 aromatic carbocycles. The minimum atomic E-state index is -0.281. The van der Waals surface area contributed by atoms with Crippen molar-refractivity contribution < 1.29 is 4.79 Å². The third kappa shape index (κ3) is 3.93. The third-order valence-corrected chi connectivity index (χ3v) is 5.39. The average Bonchev–Trinajstić information content (AvgIpc) is 3.13. The van der Waals surface area contributed by atoms with E-state index in [1.165, 1.54) is 18.0 Å². The van der Waals surface area contributed by atoms with Crippen LogP contribution in [0.4, 0.5) is 5.69 Å². The van der Waals surface area contributed by atoms with Crippen molar-refractivity contribution in [3.63, 3.8) is 0 Å². The summed E-state index contributed by atoms with van der Waals surface area (Å²) in [6.07, 6.45) is 1.51. The van der Waals surface area contributed by atoms with Gasteiger partial charge in [-0.3, -0.25) is 9.59 Å². The first-order valence-corrected chi connectivity index (χ1v) is 10.0. The summed E-state index contributed by atoms with van der Waals surface area (Å²) in [6, 6.07) is 15.3. The fraction of sp³-hybridized carbons (Fsp3) is 0.143. The lowest BCUT2D eigenvalue weighted by Gasteiger charge is -2.08. The Morgan fingerprint density at radius 3 is 2.59 bits per heavy atom. The van der Waals surface area contributed by atoms with Crippen LogP contribution in [0, 0.1) is 13.8 Å². The van der Waals surface area contributed by atoms with E-state index in [0.717, 1.165) is 22.5 Å². The highest BCUT2D eigenvalue weighted by Gasteiger charge is 2.14. The molecule has 7 nitrogen and oxygen atoms in total. The average molecular weight is 405 g/mol. The second kappa shape index (κ2) is 7.92. The zero-order chi connectivity index (χ0) is 20.4. The number of thioether (sulfide) groups is 1. The van der Waals surface area contributed by atoms with E-state index in [0.29, 0.717) is 16.2 Å². The van der Waals surface area contributed by atoms with Gasteiger partial charge in [0.25, 0.3) is 5.56 Å². The minimum absolute atomic E-state index is 0.126. The van der Waals surface area contributed by atoms with Crippen molar-refractivity contribution in [1.29, 1.82) is 0 Å². The summed E-state index contributed by atoms with van der Waals surface area (Å²) < 4.78 is 1.65. The second-order valence-corrected chi connectivity index (χ2v) is 7.57. The number of hydrogen-bond acceptors (Lipinski definition) is 5. The van der Waals surface area contributed by atoms with Gasteiger partial charge in [0.2, 0.25) is 5.91 Å². The Bertz CT molecular complexity index is 1260. The number of aromatic amines is 1. The summed E-state index contributed by atoms with van der Waals surface area (Å²) in [6.45, 7) is 3.91. The molecule has 0 radical (unpaired) electrons. The van der Waals surface area contributed by atoms with E-state index < -0.39 is 0 Å². The number of carbonyl (C=O) groups excluding carboxylic acids is 1. The van der Waals surface area contributed by atoms with Crippen LogP contribution in [0.25, 0.3) is 16.7 Å². The van der Waals surface area contributed by atoms with E-state index in [9.17, 15) is 9.59 Å². The number of aryl methyl sites for hydroxylation is 2. The number of H-pyrrole nitrogens is 1. The molecule has 1 amide bonds. The van der Waals surface area contributed by atoms with E-state index in [-0.39, 0.29) is 17.2 Å². The van der Waals surface area contributed by atoms with Gasteiger partial charge in [-0.05, 0) is 37.1 Å². The Labute approximate surface area is 171 Å². The molecule has 0 spiro atoms. The van der Waals surface area contributed by atoms with Gasteiger partial charge in [0.1, 0.15) is 5.39 Å². The van der Waals surface area contributed by atoms with Crippen molar-refractivity contribution in [3.05, 3.63) is 76.2 Å². The van der Waals surface area contributed by atoms with E-state index >= 15 is 0 Å². The SMILES string of the molecule is Cc1ccccc1NC(=O)CSc1nc2c(cnn2-c2ccccc2C)c(=O)[nH]1. The number of carbonyl (C=O) groups is 1. The van der Waals surface area contributed by atoms with Crippen LogP contribution < -0.4 is 10.9 Å². The molecule has 146 valence electrons. The number of benzene rings is 2. The molecule has 0 atom stereocenters. The predicted octanol–water partition coefficient (Wildman–Crippen LogP) is 3.46. The van der Waals surface area contributed by atoms with Gasteiger partial charge in [0.15, 0.2) is 10.8 Å². The number of aromatic nitrogens is 4. The normalized spacial score (nSPS) is 11.0. The fourth-order valence-corrected chi connectivity index (χ4v) is 3.63. The second-order valence-electron chi connectivity index (χ2n) is 6.60. The topological polar surface area (TPSA) is 92.7 Å². The molecule has 0 aliphatic carbocycles. The van der Waals surface area contributed by atoms with Crippen LogP contribution in [-0.4, -0.2) is 31.4 Å². The first kappa shape index (κ1) is 18.9. The maximum absolute atomic E-state index is 12.4. The van der Waals surface area contributed by atoms with Crippen molar-refractivity contribution in [2.24, 2.45) is 0 Å². The fourth-order valence-electron chi connectivity index (χ4n) is 2.98. The minimum Gasteiger partial charge on any atom is -0.325 e. The molecular formula is C21H19N5O2S. The highest BCUT2D eigenvalue weighted by molar-refractivity contribution is 7.99. The van der Waals surface area contributed by atoms with Crippen LogP contribution in [0.15, 0.2) is 64.7 Å². The maximum Gasteiger partial charge on any atom is 0.262 e. The van der Waals surface area contributed by atoms with Gasteiger partial charge in [-0.15, -0.1) is 0 Å². The number of anilines is 1. The molecule has 8 heteroatoms. The molecule has 2 heterocycles. The molecule has 4 aromatic rings. The monoisotopic (exact) mass is 405 g/mol. The lowest BCUT2D eigenvalue weighted by Crippen LogP contribution is -2.16. The van der Waals surface area contributed by atoms with Crippen molar-refractivity contribution in [2.75, 3.05) is 11.1 Å². The predicted molar refractivity (Wildman–Crippen MR) is 115 cm³/mol. The number of para-hydroxylation sites is 2. The number of rotatable bonds is 5. The Morgan fingerprint density at radius 2 is 1.83 bits per heavy atom. The summed E-state index contributed by atoms with van der Waals surface area (Å²) in [5.41, 5.74) is 3.82. The first-order chi connectivity index (χ1) is 14.0. The smallest absolute Gasteiger partial charge is 0.262 e. The highest BCUT2D eigenvalue weighted by atomic mass is 32.2. The molecule has 0 aliphatic rings. The van der Waals surface area contributed by atoms with Gasteiger partial charge in [-0.2, -0.15) is 5.10 Å². The Kier molecular flexibility index (Phi) is 5.18. The van der Waals surface area contributed by atoms with Gasteiger partial charge in [0, 0.05) is 5.69 Å². The zero-order valence-electron chi connectivity index (χ0n) is 16.0. The molecule has 0 unspecified atom stereocenters. The zero-order valence-corrected chi connectivity index (χ0v) is 16.8. The maximum atomic E-state index is 12.4. The van der Waals surface area contributed by atoms with Crippen LogP contribution >= 0.6 is 11.8 Å².